The number of aliphatic hydroxyl groups is 1. The molecule has 0 heterocycles. The molecule has 0 aliphatic carbocycles. The van der Waals surface area contributed by atoms with Crippen molar-refractivity contribution < 1.29 is 18.6 Å². The van der Waals surface area contributed by atoms with Crippen LogP contribution in [0.2, 0.25) is 0 Å². The van der Waals surface area contributed by atoms with Gasteiger partial charge >= 0.3 is 0 Å². The number of benzene rings is 2. The Balaban J connectivity index is 2.22. The molecular weight excluding hydrogens is 330 g/mol. The summed E-state index contributed by atoms with van der Waals surface area (Å²) in [6.45, 7) is 1.51. The van der Waals surface area contributed by atoms with E-state index in [0.717, 1.165) is 4.47 Å². The van der Waals surface area contributed by atoms with Gasteiger partial charge in [0.15, 0.2) is 0 Å². The summed E-state index contributed by atoms with van der Waals surface area (Å²) in [5.41, 5.74) is 0.807. The summed E-state index contributed by atoms with van der Waals surface area (Å²) < 4.78 is 33.0. The van der Waals surface area contributed by atoms with E-state index >= 15 is 0 Å². The molecule has 0 fully saturated rings. The number of rotatable bonds is 4. The van der Waals surface area contributed by atoms with Crippen LogP contribution < -0.4 is 4.74 Å². The molecule has 0 saturated heterocycles. The molecule has 0 unspecified atom stereocenters. The van der Waals surface area contributed by atoms with Crippen molar-refractivity contribution in [3.8, 4) is 5.75 Å². The fourth-order valence-electron chi connectivity index (χ4n) is 1.79. The van der Waals surface area contributed by atoms with Gasteiger partial charge in [-0.25, -0.2) is 8.78 Å². The first-order valence-corrected chi connectivity index (χ1v) is 6.81. The van der Waals surface area contributed by atoms with Crippen molar-refractivity contribution in [1.82, 2.24) is 0 Å². The van der Waals surface area contributed by atoms with E-state index < -0.39 is 17.7 Å². The lowest BCUT2D eigenvalue weighted by atomic mass is 10.1. The highest BCUT2D eigenvalue weighted by Crippen LogP contribution is 2.27. The number of hydrogen-bond acceptors (Lipinski definition) is 2. The molecule has 2 nitrogen and oxygen atoms in total. The standard InChI is InChI=1S/C15H13BrF2O2/c1-9(19)13-4-3-12(17)7-15(13)20-8-10-6-11(16)2-5-14(10)18/h2-7,9,19H,8H2,1H3/t9-/m1/s1. The lowest BCUT2D eigenvalue weighted by molar-refractivity contribution is 0.189. The smallest absolute Gasteiger partial charge is 0.129 e. The quantitative estimate of drug-likeness (QED) is 0.894. The van der Waals surface area contributed by atoms with Gasteiger partial charge in [0, 0.05) is 21.7 Å². The molecule has 0 aliphatic heterocycles. The molecule has 0 aliphatic rings. The first-order valence-electron chi connectivity index (χ1n) is 6.01. The third kappa shape index (κ3) is 3.55. The van der Waals surface area contributed by atoms with Crippen molar-refractivity contribution >= 4 is 15.9 Å². The minimum absolute atomic E-state index is 0.0472. The number of ether oxygens (including phenoxy) is 1. The summed E-state index contributed by atoms with van der Waals surface area (Å²) in [5, 5.41) is 9.61. The molecule has 2 aromatic carbocycles. The molecule has 106 valence electrons. The van der Waals surface area contributed by atoms with Gasteiger partial charge in [-0.1, -0.05) is 15.9 Å². The number of aliphatic hydroxyl groups excluding tert-OH is 1. The number of hydrogen-bond donors (Lipinski definition) is 1. The molecule has 2 aromatic rings. The zero-order chi connectivity index (χ0) is 14.7. The Bertz CT molecular complexity index is 615. The topological polar surface area (TPSA) is 29.5 Å². The van der Waals surface area contributed by atoms with Crippen LogP contribution in [0.25, 0.3) is 0 Å². The maximum Gasteiger partial charge on any atom is 0.129 e. The van der Waals surface area contributed by atoms with Gasteiger partial charge in [-0.2, -0.15) is 0 Å². The first-order chi connectivity index (χ1) is 9.47. The molecule has 0 spiro atoms. The molecule has 0 bridgehead atoms. The van der Waals surface area contributed by atoms with Crippen molar-refractivity contribution in [3.05, 3.63) is 63.6 Å². The van der Waals surface area contributed by atoms with E-state index in [9.17, 15) is 13.9 Å². The van der Waals surface area contributed by atoms with Gasteiger partial charge in [0.25, 0.3) is 0 Å². The van der Waals surface area contributed by atoms with Crippen LogP contribution in [0, 0.1) is 11.6 Å². The molecular formula is C15H13BrF2O2. The van der Waals surface area contributed by atoms with E-state index in [2.05, 4.69) is 15.9 Å². The molecule has 20 heavy (non-hydrogen) atoms. The third-order valence-electron chi connectivity index (χ3n) is 2.82. The fourth-order valence-corrected chi connectivity index (χ4v) is 2.20. The molecule has 0 saturated carbocycles. The Morgan fingerprint density at radius 3 is 2.65 bits per heavy atom. The zero-order valence-electron chi connectivity index (χ0n) is 10.7. The second kappa shape index (κ2) is 6.33. The second-order valence-electron chi connectivity index (χ2n) is 4.38. The average molecular weight is 343 g/mol. The predicted octanol–water partition coefficient (Wildman–Crippen LogP) is 4.36. The highest BCUT2D eigenvalue weighted by molar-refractivity contribution is 9.10. The summed E-state index contributed by atoms with van der Waals surface area (Å²) >= 11 is 3.25. The largest absolute Gasteiger partial charge is 0.488 e. The van der Waals surface area contributed by atoms with Gasteiger partial charge in [-0.3, -0.25) is 0 Å². The van der Waals surface area contributed by atoms with Crippen LogP contribution in [0.3, 0.4) is 0 Å². The molecule has 0 radical (unpaired) electrons. The lowest BCUT2D eigenvalue weighted by Crippen LogP contribution is -2.03. The molecule has 5 heteroatoms. The van der Waals surface area contributed by atoms with Crippen LogP contribution in [-0.4, -0.2) is 5.11 Å². The van der Waals surface area contributed by atoms with Gasteiger partial charge in [-0.15, -0.1) is 0 Å². The summed E-state index contributed by atoms with van der Waals surface area (Å²) in [4.78, 5) is 0. The predicted molar refractivity (Wildman–Crippen MR) is 75.5 cm³/mol. The zero-order valence-corrected chi connectivity index (χ0v) is 12.3. The normalized spacial score (nSPS) is 12.2. The van der Waals surface area contributed by atoms with Crippen LogP contribution in [-0.2, 0) is 6.61 Å². The van der Waals surface area contributed by atoms with Gasteiger partial charge < -0.3 is 9.84 Å². The van der Waals surface area contributed by atoms with Crippen molar-refractivity contribution in [1.29, 1.82) is 0 Å². The van der Waals surface area contributed by atoms with E-state index in [0.29, 0.717) is 11.1 Å². The molecule has 1 N–H and O–H groups in total. The maximum atomic E-state index is 13.6. The summed E-state index contributed by atoms with van der Waals surface area (Å²) in [6.07, 6.45) is -0.794. The van der Waals surface area contributed by atoms with E-state index in [1.165, 1.54) is 24.3 Å². The fraction of sp³-hybridized carbons (Fsp3) is 0.200. The highest BCUT2D eigenvalue weighted by atomic mass is 79.9. The van der Waals surface area contributed by atoms with Gasteiger partial charge in [-0.05, 0) is 37.3 Å². The Hall–Kier alpha value is -1.46. The van der Waals surface area contributed by atoms with E-state index in [1.54, 1.807) is 19.1 Å². The molecule has 0 amide bonds. The summed E-state index contributed by atoms with van der Waals surface area (Å²) in [6, 6.07) is 8.38. The molecule has 2 rings (SSSR count). The van der Waals surface area contributed by atoms with Crippen molar-refractivity contribution in [2.45, 2.75) is 19.6 Å². The minimum Gasteiger partial charge on any atom is -0.488 e. The summed E-state index contributed by atoms with van der Waals surface area (Å²) in [7, 11) is 0. The Morgan fingerprint density at radius 2 is 1.95 bits per heavy atom. The van der Waals surface area contributed by atoms with Gasteiger partial charge in [0.2, 0.25) is 0 Å². The third-order valence-corrected chi connectivity index (χ3v) is 3.31. The lowest BCUT2D eigenvalue weighted by Gasteiger charge is -2.14. The highest BCUT2D eigenvalue weighted by Gasteiger charge is 2.12. The molecule has 0 aromatic heterocycles. The minimum atomic E-state index is -0.794. The number of halogens is 3. The van der Waals surface area contributed by atoms with Gasteiger partial charge in [0.1, 0.15) is 24.0 Å². The second-order valence-corrected chi connectivity index (χ2v) is 5.30. The first kappa shape index (κ1) is 14.9. The van der Waals surface area contributed by atoms with Crippen LogP contribution in [0.15, 0.2) is 40.9 Å². The van der Waals surface area contributed by atoms with Crippen LogP contribution in [0.4, 0.5) is 8.78 Å². The van der Waals surface area contributed by atoms with Crippen LogP contribution >= 0.6 is 15.9 Å². The summed E-state index contributed by atoms with van der Waals surface area (Å²) in [5.74, 6) is -0.665. The van der Waals surface area contributed by atoms with Gasteiger partial charge in [0.05, 0.1) is 6.10 Å². The van der Waals surface area contributed by atoms with E-state index in [-0.39, 0.29) is 12.4 Å². The van der Waals surface area contributed by atoms with Crippen molar-refractivity contribution in [3.63, 3.8) is 0 Å². The Labute approximate surface area is 124 Å². The van der Waals surface area contributed by atoms with E-state index in [4.69, 9.17) is 4.74 Å². The van der Waals surface area contributed by atoms with Crippen LogP contribution in [0.5, 0.6) is 5.75 Å². The van der Waals surface area contributed by atoms with Crippen molar-refractivity contribution in [2.75, 3.05) is 0 Å². The monoisotopic (exact) mass is 342 g/mol. The maximum absolute atomic E-state index is 13.6. The molecule has 1 atom stereocenters. The Morgan fingerprint density at radius 1 is 1.20 bits per heavy atom. The average Bonchev–Trinajstić information content (AvgIpc) is 2.39. The van der Waals surface area contributed by atoms with E-state index in [1.807, 2.05) is 0 Å². The van der Waals surface area contributed by atoms with Crippen LogP contribution in [0.1, 0.15) is 24.2 Å². The Kier molecular flexibility index (Phi) is 4.73. The van der Waals surface area contributed by atoms with Crippen molar-refractivity contribution in [2.24, 2.45) is 0 Å². The SMILES string of the molecule is C[C@@H](O)c1ccc(F)cc1OCc1cc(Br)ccc1F.